The zero-order valence-corrected chi connectivity index (χ0v) is 16.7. The zero-order valence-electron chi connectivity index (χ0n) is 11.4. The molecule has 118 valence electrons. The lowest BCUT2D eigenvalue weighted by atomic mass is 10.0. The number of benzene rings is 1. The van der Waals surface area contributed by atoms with E-state index in [4.69, 9.17) is 10.1 Å². The molecule has 22 heavy (non-hydrogen) atoms. The van der Waals surface area contributed by atoms with E-state index in [0.717, 1.165) is 43.4 Å². The van der Waals surface area contributed by atoms with E-state index < -0.39 is 6.09 Å². The van der Waals surface area contributed by atoms with Crippen molar-refractivity contribution in [2.45, 2.75) is 19.4 Å². The van der Waals surface area contributed by atoms with Crippen LogP contribution in [0.2, 0.25) is 0 Å². The number of aromatic nitrogens is 2. The van der Waals surface area contributed by atoms with E-state index in [1.54, 1.807) is 0 Å². The van der Waals surface area contributed by atoms with Crippen LogP contribution in [0.1, 0.15) is 12.0 Å². The minimum atomic E-state index is -1.01. The Balaban J connectivity index is 1.98. The summed E-state index contributed by atoms with van der Waals surface area (Å²) in [7, 11) is 0. The summed E-state index contributed by atoms with van der Waals surface area (Å²) in [4.78, 5) is 15.2. The summed E-state index contributed by atoms with van der Waals surface area (Å²) in [6.45, 7) is 1.77. The average molecular weight is 544 g/mol. The summed E-state index contributed by atoms with van der Waals surface area (Å²) in [5.74, 6) is 0.797. The second-order valence-corrected chi connectivity index (χ2v) is 7.63. The van der Waals surface area contributed by atoms with Crippen LogP contribution in [0.3, 0.4) is 0 Å². The number of carboxylic acid groups (broad SMARTS) is 1. The Morgan fingerprint density at radius 2 is 2.14 bits per heavy atom. The van der Waals surface area contributed by atoms with E-state index in [0.29, 0.717) is 13.1 Å². The van der Waals surface area contributed by atoms with Gasteiger partial charge in [0.05, 0.1) is 9.09 Å². The van der Waals surface area contributed by atoms with Crippen LogP contribution in [0.25, 0.3) is 11.0 Å². The van der Waals surface area contributed by atoms with Crippen molar-refractivity contribution in [3.05, 3.63) is 18.1 Å². The van der Waals surface area contributed by atoms with Gasteiger partial charge in [0.2, 0.25) is 5.95 Å². The van der Waals surface area contributed by atoms with E-state index in [1.807, 2.05) is 0 Å². The minimum absolute atomic E-state index is 0.343. The Morgan fingerprint density at radius 3 is 2.86 bits per heavy atom. The number of amides is 1. The highest BCUT2D eigenvalue weighted by Gasteiger charge is 2.24. The summed E-state index contributed by atoms with van der Waals surface area (Å²) in [5.41, 5.74) is 3.43. The smallest absolute Gasteiger partial charge is 0.404 e. The highest BCUT2D eigenvalue weighted by molar-refractivity contribution is 14.1. The van der Waals surface area contributed by atoms with Crippen molar-refractivity contribution in [1.29, 1.82) is 0 Å². The van der Waals surface area contributed by atoms with Crippen LogP contribution in [0, 0.1) is 3.57 Å². The van der Waals surface area contributed by atoms with Crippen molar-refractivity contribution in [3.8, 4) is 0 Å². The van der Waals surface area contributed by atoms with Gasteiger partial charge in [-0.05, 0) is 72.9 Å². The molecule has 3 N–H and O–H groups in total. The first kappa shape index (κ1) is 16.3. The summed E-state index contributed by atoms with van der Waals surface area (Å²) in [6.07, 6.45) is 1.07. The van der Waals surface area contributed by atoms with E-state index in [1.165, 1.54) is 11.1 Å². The lowest BCUT2D eigenvalue weighted by Gasteiger charge is -2.19. The van der Waals surface area contributed by atoms with Crippen molar-refractivity contribution in [2.75, 3.05) is 18.4 Å². The van der Waals surface area contributed by atoms with E-state index in [9.17, 15) is 4.79 Å². The zero-order chi connectivity index (χ0) is 15.9. The van der Waals surface area contributed by atoms with Crippen LogP contribution >= 0.6 is 54.5 Å². The van der Waals surface area contributed by atoms with Crippen molar-refractivity contribution in [2.24, 2.45) is 0 Å². The van der Waals surface area contributed by atoms with Crippen LogP contribution in [0.15, 0.2) is 8.95 Å². The lowest BCUT2D eigenvalue weighted by Crippen LogP contribution is -2.27. The molecule has 3 rings (SSSR count). The maximum atomic E-state index is 10.5. The normalized spacial score (nSPS) is 13.4. The number of nitrogens with zero attached hydrogens (tertiary/aromatic N) is 2. The molecule has 0 aliphatic carbocycles. The van der Waals surface area contributed by atoms with Gasteiger partial charge in [-0.15, -0.1) is 0 Å². The molecule has 0 fully saturated rings. The second-order valence-electron chi connectivity index (χ2n) is 4.97. The first-order valence-electron chi connectivity index (χ1n) is 6.77. The number of anilines is 1. The van der Waals surface area contributed by atoms with Crippen LogP contribution < -0.4 is 10.6 Å². The number of rotatable bonds is 4. The molecular weight excluding hydrogens is 531 g/mol. The Bertz CT molecular complexity index is 763. The largest absolute Gasteiger partial charge is 0.465 e. The summed E-state index contributed by atoms with van der Waals surface area (Å²) < 4.78 is 5.41. The van der Waals surface area contributed by atoms with Crippen molar-refractivity contribution < 1.29 is 9.90 Å². The molecule has 0 atom stereocenters. The summed E-state index contributed by atoms with van der Waals surface area (Å²) in [5, 5.41) is 14.2. The Hall–Kier alpha value is -0.550. The third-order valence-corrected chi connectivity index (χ3v) is 7.60. The molecule has 0 spiro atoms. The molecule has 1 aromatic heterocycles. The van der Waals surface area contributed by atoms with Gasteiger partial charge in [-0.2, -0.15) is 0 Å². The third kappa shape index (κ3) is 2.82. The molecule has 0 saturated heterocycles. The first-order chi connectivity index (χ1) is 10.5. The number of aryl methyl sites for hydroxylation is 2. The van der Waals surface area contributed by atoms with Gasteiger partial charge in [-0.1, -0.05) is 0 Å². The number of imidazole rings is 1. The fourth-order valence-electron chi connectivity index (χ4n) is 2.69. The van der Waals surface area contributed by atoms with Crippen LogP contribution in [0.5, 0.6) is 0 Å². The van der Waals surface area contributed by atoms with Gasteiger partial charge >= 0.3 is 6.09 Å². The molecule has 2 aromatic rings. The quantitative estimate of drug-likeness (QED) is 0.311. The SMILES string of the molecule is O=C(O)NCCNc1nc2c(I)c(Br)c(Br)c3c2n1CCC3. The van der Waals surface area contributed by atoms with Gasteiger partial charge in [0.1, 0.15) is 5.52 Å². The van der Waals surface area contributed by atoms with Gasteiger partial charge in [-0.25, -0.2) is 9.78 Å². The fraction of sp³-hybridized carbons (Fsp3) is 0.385. The van der Waals surface area contributed by atoms with Crippen LogP contribution in [0.4, 0.5) is 10.7 Å². The first-order valence-corrected chi connectivity index (χ1v) is 9.43. The van der Waals surface area contributed by atoms with E-state index in [-0.39, 0.29) is 0 Å². The Kier molecular flexibility index (Phi) is 4.83. The van der Waals surface area contributed by atoms with Gasteiger partial charge < -0.3 is 20.3 Å². The number of carbonyl (C=O) groups is 1. The molecule has 1 aromatic carbocycles. The molecule has 9 heteroatoms. The summed E-state index contributed by atoms with van der Waals surface area (Å²) in [6, 6.07) is 0. The number of nitrogens with one attached hydrogen (secondary N) is 2. The van der Waals surface area contributed by atoms with Gasteiger partial charge in [-0.3, -0.25) is 0 Å². The molecule has 0 saturated carbocycles. The number of halogens is 3. The Morgan fingerprint density at radius 1 is 1.36 bits per heavy atom. The van der Waals surface area contributed by atoms with E-state index in [2.05, 4.69) is 69.7 Å². The van der Waals surface area contributed by atoms with Crippen molar-refractivity contribution >= 4 is 77.5 Å². The molecule has 1 amide bonds. The molecule has 6 nitrogen and oxygen atoms in total. The maximum absolute atomic E-state index is 10.5. The number of hydrogen-bond donors (Lipinski definition) is 3. The van der Waals surface area contributed by atoms with Crippen molar-refractivity contribution in [1.82, 2.24) is 14.9 Å². The summed E-state index contributed by atoms with van der Waals surface area (Å²) >= 11 is 9.61. The van der Waals surface area contributed by atoms with Crippen molar-refractivity contribution in [3.63, 3.8) is 0 Å². The molecule has 0 unspecified atom stereocenters. The van der Waals surface area contributed by atoms with E-state index >= 15 is 0 Å². The highest BCUT2D eigenvalue weighted by Crippen LogP contribution is 2.41. The standard InChI is InChI=1S/C13H13Br2IN4O2/c14-7-6-2-1-5-20-11(6)10(9(16)8(7)15)19-12(20)17-3-4-18-13(21)22/h18H,1-5H2,(H,17,19)(H,21,22). The second kappa shape index (κ2) is 6.52. The monoisotopic (exact) mass is 542 g/mol. The lowest BCUT2D eigenvalue weighted by molar-refractivity contribution is 0.195. The highest BCUT2D eigenvalue weighted by atomic mass is 127. The van der Waals surface area contributed by atoms with Gasteiger partial charge in [0, 0.05) is 28.6 Å². The number of hydrogen-bond acceptors (Lipinski definition) is 3. The molecule has 2 heterocycles. The average Bonchev–Trinajstić information content (AvgIpc) is 2.87. The minimum Gasteiger partial charge on any atom is -0.465 e. The molecule has 1 aliphatic rings. The topological polar surface area (TPSA) is 79.2 Å². The predicted octanol–water partition coefficient (Wildman–Crippen LogP) is 3.79. The molecule has 1 aliphatic heterocycles. The maximum Gasteiger partial charge on any atom is 0.404 e. The predicted molar refractivity (Wildman–Crippen MR) is 101 cm³/mol. The van der Waals surface area contributed by atoms with Gasteiger partial charge in [0.15, 0.2) is 0 Å². The third-order valence-electron chi connectivity index (χ3n) is 3.60. The van der Waals surface area contributed by atoms with Crippen LogP contribution in [-0.2, 0) is 13.0 Å². The Labute approximate surface area is 157 Å². The molecular formula is C13H13Br2IN4O2. The van der Waals surface area contributed by atoms with Gasteiger partial charge in [0.25, 0.3) is 0 Å². The molecule has 0 radical (unpaired) electrons. The fourth-order valence-corrected chi connectivity index (χ4v) is 4.71. The van der Waals surface area contributed by atoms with Crippen LogP contribution in [-0.4, -0.2) is 33.8 Å². The molecule has 0 bridgehead atoms.